The summed E-state index contributed by atoms with van der Waals surface area (Å²) in [6.45, 7) is 3.90. The lowest BCUT2D eigenvalue weighted by Gasteiger charge is -2.49. The number of hydrogen-bond acceptors (Lipinski definition) is 6. The number of benzene rings is 3. The predicted molar refractivity (Wildman–Crippen MR) is 126 cm³/mol. The molecule has 0 aliphatic carbocycles. The predicted octanol–water partition coefficient (Wildman–Crippen LogP) is 4.19. The number of β-lactam (4-membered cyclic amide) rings is 1. The van der Waals surface area contributed by atoms with E-state index in [0.717, 1.165) is 17.0 Å². The molecule has 36 heavy (non-hydrogen) atoms. The highest BCUT2D eigenvalue weighted by Crippen LogP contribution is 2.45. The van der Waals surface area contributed by atoms with Crippen molar-refractivity contribution in [2.24, 2.45) is 0 Å². The first-order valence-electron chi connectivity index (χ1n) is 11.2. The third kappa shape index (κ3) is 3.49. The summed E-state index contributed by atoms with van der Waals surface area (Å²) in [5, 5.41) is 11.2. The topological polar surface area (TPSA) is 110 Å². The standard InChI is InChI=1S/C26H20FN3O6/c1-3-36-18-9-5-15(6-10-18)22-23(26(33)28(22)16-7-4-14(2)21(27)13-16)29-24(31)19-11-8-17(30(34)35)12-20(19)25(29)32/h4-13,22-23H,3H2,1-2H3/t22-,23+/m1/s1. The number of nitro groups is 1. The number of nitro benzene ring substituents is 1. The first-order chi connectivity index (χ1) is 17.2. The minimum Gasteiger partial charge on any atom is -0.494 e. The number of carbonyl (C=O) groups excluding carboxylic acids is 3. The fourth-order valence-corrected chi connectivity index (χ4v) is 4.62. The maximum Gasteiger partial charge on any atom is 0.270 e. The van der Waals surface area contributed by atoms with Crippen LogP contribution in [0, 0.1) is 22.9 Å². The van der Waals surface area contributed by atoms with Crippen molar-refractivity contribution in [3.05, 3.63) is 98.8 Å². The molecule has 5 rings (SSSR count). The van der Waals surface area contributed by atoms with Crippen LogP contribution in [-0.2, 0) is 4.79 Å². The summed E-state index contributed by atoms with van der Waals surface area (Å²) in [7, 11) is 0. The van der Waals surface area contributed by atoms with Gasteiger partial charge in [0.2, 0.25) is 0 Å². The number of aryl methyl sites for hydroxylation is 1. The van der Waals surface area contributed by atoms with E-state index in [1.54, 1.807) is 43.3 Å². The molecule has 0 aromatic heterocycles. The molecule has 2 atom stereocenters. The molecule has 182 valence electrons. The maximum absolute atomic E-state index is 14.4. The van der Waals surface area contributed by atoms with E-state index in [0.29, 0.717) is 23.5 Å². The molecule has 0 saturated carbocycles. The second-order valence-corrected chi connectivity index (χ2v) is 8.50. The Labute approximate surface area is 204 Å². The van der Waals surface area contributed by atoms with Crippen LogP contribution < -0.4 is 9.64 Å². The molecule has 9 nitrogen and oxygen atoms in total. The van der Waals surface area contributed by atoms with E-state index in [4.69, 9.17) is 4.74 Å². The van der Waals surface area contributed by atoms with Gasteiger partial charge in [-0.25, -0.2) is 4.39 Å². The fraction of sp³-hybridized carbons (Fsp3) is 0.192. The molecule has 0 unspecified atom stereocenters. The van der Waals surface area contributed by atoms with Crippen molar-refractivity contribution >= 4 is 29.1 Å². The average Bonchev–Trinajstić information content (AvgIpc) is 3.10. The Morgan fingerprint density at radius 1 is 0.917 bits per heavy atom. The Morgan fingerprint density at radius 2 is 1.61 bits per heavy atom. The highest BCUT2D eigenvalue weighted by molar-refractivity contribution is 6.25. The number of non-ortho nitro benzene ring substituents is 1. The number of halogens is 1. The van der Waals surface area contributed by atoms with Gasteiger partial charge in [-0.2, -0.15) is 0 Å². The van der Waals surface area contributed by atoms with E-state index in [1.807, 2.05) is 6.92 Å². The van der Waals surface area contributed by atoms with Crippen molar-refractivity contribution < 1.29 is 28.4 Å². The number of nitrogens with zero attached hydrogens (tertiary/aromatic N) is 3. The molecule has 0 bridgehead atoms. The molecule has 3 aromatic carbocycles. The molecular formula is C26H20FN3O6. The SMILES string of the molecule is CCOc1ccc([C@@H]2[C@H](N3C(=O)c4ccc([N+](=O)[O-])cc4C3=O)C(=O)N2c2ccc(C)c(F)c2)cc1. The van der Waals surface area contributed by atoms with Gasteiger partial charge in [0, 0.05) is 17.8 Å². The van der Waals surface area contributed by atoms with Crippen LogP contribution in [0.15, 0.2) is 60.7 Å². The van der Waals surface area contributed by atoms with Gasteiger partial charge in [-0.05, 0) is 55.3 Å². The molecule has 1 fully saturated rings. The molecule has 3 amide bonds. The summed E-state index contributed by atoms with van der Waals surface area (Å²) < 4.78 is 19.9. The van der Waals surface area contributed by atoms with Crippen molar-refractivity contribution in [1.29, 1.82) is 0 Å². The largest absolute Gasteiger partial charge is 0.494 e. The second kappa shape index (κ2) is 8.56. The van der Waals surface area contributed by atoms with E-state index in [1.165, 1.54) is 17.0 Å². The zero-order chi connectivity index (χ0) is 25.7. The highest BCUT2D eigenvalue weighted by Gasteiger charge is 2.57. The minimum absolute atomic E-state index is 0.0105. The Kier molecular flexibility index (Phi) is 5.51. The van der Waals surface area contributed by atoms with Crippen molar-refractivity contribution in [2.45, 2.75) is 25.9 Å². The molecular weight excluding hydrogens is 469 g/mol. The number of fused-ring (bicyclic) bond motifs is 1. The number of hydrogen-bond donors (Lipinski definition) is 0. The van der Waals surface area contributed by atoms with Crippen LogP contribution in [-0.4, -0.2) is 40.2 Å². The van der Waals surface area contributed by atoms with E-state index >= 15 is 0 Å². The quantitative estimate of drug-likeness (QED) is 0.222. The van der Waals surface area contributed by atoms with Gasteiger partial charge >= 0.3 is 0 Å². The maximum atomic E-state index is 14.4. The summed E-state index contributed by atoms with van der Waals surface area (Å²) in [4.78, 5) is 52.6. The zero-order valence-corrected chi connectivity index (χ0v) is 19.3. The number of carbonyl (C=O) groups is 3. The Bertz CT molecular complexity index is 1440. The lowest BCUT2D eigenvalue weighted by atomic mass is 9.86. The van der Waals surface area contributed by atoms with Crippen molar-refractivity contribution in [2.75, 3.05) is 11.5 Å². The van der Waals surface area contributed by atoms with E-state index in [-0.39, 0.29) is 22.5 Å². The summed E-state index contributed by atoms with van der Waals surface area (Å²) in [5.74, 6) is -1.97. The Balaban J connectivity index is 1.57. The first kappa shape index (κ1) is 23.2. The van der Waals surface area contributed by atoms with Crippen LogP contribution in [0.2, 0.25) is 0 Å². The van der Waals surface area contributed by atoms with Gasteiger partial charge in [-0.3, -0.25) is 29.4 Å². The van der Waals surface area contributed by atoms with Gasteiger partial charge < -0.3 is 9.64 Å². The van der Waals surface area contributed by atoms with Crippen molar-refractivity contribution in [3.63, 3.8) is 0 Å². The van der Waals surface area contributed by atoms with Crippen LogP contribution in [0.5, 0.6) is 5.75 Å². The van der Waals surface area contributed by atoms with E-state index in [9.17, 15) is 28.9 Å². The van der Waals surface area contributed by atoms with Gasteiger partial charge in [0.05, 0.1) is 28.7 Å². The van der Waals surface area contributed by atoms with Gasteiger partial charge in [-0.1, -0.05) is 18.2 Å². The fourth-order valence-electron chi connectivity index (χ4n) is 4.62. The molecule has 2 aliphatic heterocycles. The van der Waals surface area contributed by atoms with Crippen LogP contribution >= 0.6 is 0 Å². The number of amides is 3. The third-order valence-electron chi connectivity index (χ3n) is 6.42. The van der Waals surface area contributed by atoms with Gasteiger partial charge in [0.1, 0.15) is 17.6 Å². The molecule has 1 saturated heterocycles. The number of anilines is 1. The number of rotatable bonds is 6. The molecule has 3 aromatic rings. The highest BCUT2D eigenvalue weighted by atomic mass is 19.1. The summed E-state index contributed by atoms with van der Waals surface area (Å²) in [6, 6.07) is 12.6. The number of ether oxygens (including phenoxy) is 1. The lowest BCUT2D eigenvalue weighted by molar-refractivity contribution is -0.384. The second-order valence-electron chi connectivity index (χ2n) is 8.50. The van der Waals surface area contributed by atoms with Crippen LogP contribution in [0.4, 0.5) is 15.8 Å². The van der Waals surface area contributed by atoms with Crippen molar-refractivity contribution in [1.82, 2.24) is 4.90 Å². The molecule has 0 spiro atoms. The average molecular weight is 489 g/mol. The molecule has 0 N–H and O–H groups in total. The summed E-state index contributed by atoms with van der Waals surface area (Å²) >= 11 is 0. The molecule has 2 aliphatic rings. The van der Waals surface area contributed by atoms with Crippen LogP contribution in [0.25, 0.3) is 0 Å². The molecule has 0 radical (unpaired) electrons. The third-order valence-corrected chi connectivity index (χ3v) is 6.42. The normalized spacial score (nSPS) is 18.8. The van der Waals surface area contributed by atoms with Crippen LogP contribution in [0.1, 0.15) is 44.8 Å². The number of imide groups is 1. The minimum atomic E-state index is -1.21. The van der Waals surface area contributed by atoms with E-state index < -0.39 is 40.5 Å². The summed E-state index contributed by atoms with van der Waals surface area (Å²) in [5.41, 5.74) is 0.812. The Hall–Kier alpha value is -4.60. The zero-order valence-electron chi connectivity index (χ0n) is 19.3. The monoisotopic (exact) mass is 489 g/mol. The van der Waals surface area contributed by atoms with Crippen LogP contribution in [0.3, 0.4) is 0 Å². The van der Waals surface area contributed by atoms with Gasteiger partial charge in [0.25, 0.3) is 23.4 Å². The van der Waals surface area contributed by atoms with Gasteiger partial charge in [-0.15, -0.1) is 0 Å². The summed E-state index contributed by atoms with van der Waals surface area (Å²) in [6.07, 6.45) is 0. The first-order valence-corrected chi connectivity index (χ1v) is 11.2. The Morgan fingerprint density at radius 3 is 2.25 bits per heavy atom. The molecule has 2 heterocycles. The smallest absolute Gasteiger partial charge is 0.270 e. The van der Waals surface area contributed by atoms with Crippen molar-refractivity contribution in [3.8, 4) is 5.75 Å². The lowest BCUT2D eigenvalue weighted by Crippen LogP contribution is -2.67. The van der Waals surface area contributed by atoms with Gasteiger partial charge in [0.15, 0.2) is 0 Å². The van der Waals surface area contributed by atoms with E-state index in [2.05, 4.69) is 0 Å². The molecule has 10 heteroatoms.